The molecule has 0 bridgehead atoms. The highest BCUT2D eigenvalue weighted by atomic mass is 32.1. The van der Waals surface area contributed by atoms with Gasteiger partial charge in [0, 0.05) is 6.92 Å². The van der Waals surface area contributed by atoms with Crippen molar-refractivity contribution < 1.29 is 29.0 Å². The number of ketones is 2. The lowest BCUT2D eigenvalue weighted by molar-refractivity contribution is -0.117. The molecule has 9 heteroatoms. The Morgan fingerprint density at radius 1 is 1.10 bits per heavy atom. The van der Waals surface area contributed by atoms with Crippen molar-refractivity contribution in [3.63, 3.8) is 0 Å². The number of nitrogens with zero attached hydrogens (tertiary/aromatic N) is 2. The van der Waals surface area contributed by atoms with Gasteiger partial charge in [-0.25, -0.2) is 4.98 Å². The zero-order chi connectivity index (χ0) is 28.1. The second-order valence-corrected chi connectivity index (χ2v) is 9.88. The largest absolute Gasteiger partial charge is 0.503 e. The topological polar surface area (TPSA) is 106 Å². The normalized spacial score (nSPS) is 15.3. The molecule has 0 fully saturated rings. The summed E-state index contributed by atoms with van der Waals surface area (Å²) in [6.45, 7) is 7.82. The van der Waals surface area contributed by atoms with Crippen molar-refractivity contribution in [2.24, 2.45) is 0 Å². The van der Waals surface area contributed by atoms with Gasteiger partial charge in [-0.3, -0.25) is 19.3 Å². The molecule has 0 radical (unpaired) electrons. The monoisotopic (exact) mass is 546 g/mol. The quantitative estimate of drug-likeness (QED) is 0.231. The van der Waals surface area contributed by atoms with Crippen LogP contribution in [0.1, 0.15) is 59.7 Å². The van der Waals surface area contributed by atoms with Crippen molar-refractivity contribution in [2.45, 2.75) is 40.2 Å². The van der Waals surface area contributed by atoms with Crippen molar-refractivity contribution >= 4 is 40.0 Å². The Balaban J connectivity index is 1.84. The first-order valence-corrected chi connectivity index (χ1v) is 13.5. The Hall–Kier alpha value is -4.24. The lowest BCUT2D eigenvalue weighted by atomic mass is 9.95. The van der Waals surface area contributed by atoms with Crippen molar-refractivity contribution in [1.29, 1.82) is 0 Å². The number of aromatic nitrogens is 1. The fourth-order valence-electron chi connectivity index (χ4n) is 4.30. The molecule has 4 rings (SSSR count). The maximum Gasteiger partial charge on any atom is 0.296 e. The number of hydrogen-bond acceptors (Lipinski definition) is 8. The van der Waals surface area contributed by atoms with Gasteiger partial charge in [0.1, 0.15) is 0 Å². The second-order valence-electron chi connectivity index (χ2n) is 8.90. The average molecular weight is 547 g/mol. The highest BCUT2D eigenvalue weighted by Gasteiger charge is 2.45. The van der Waals surface area contributed by atoms with Crippen LogP contribution in [0.2, 0.25) is 0 Å². The first-order valence-electron chi connectivity index (χ1n) is 12.7. The van der Waals surface area contributed by atoms with E-state index in [2.05, 4.69) is 4.98 Å². The van der Waals surface area contributed by atoms with Crippen molar-refractivity contribution in [3.8, 4) is 11.5 Å². The van der Waals surface area contributed by atoms with E-state index >= 15 is 0 Å². The van der Waals surface area contributed by atoms with Gasteiger partial charge in [-0.2, -0.15) is 0 Å². The van der Waals surface area contributed by atoms with Gasteiger partial charge in [0.15, 0.2) is 34.0 Å². The Morgan fingerprint density at radius 3 is 2.49 bits per heavy atom. The van der Waals surface area contributed by atoms with Crippen molar-refractivity contribution in [1.82, 2.24) is 4.98 Å². The molecule has 1 atom stereocenters. The second kappa shape index (κ2) is 12.1. The number of ether oxygens (including phenoxy) is 2. The molecule has 2 heterocycles. The molecular formula is C30H30N2O6S. The molecule has 2 aromatic carbocycles. The van der Waals surface area contributed by atoms with Gasteiger partial charge in [-0.1, -0.05) is 60.7 Å². The third-order valence-corrected chi connectivity index (χ3v) is 7.31. The lowest BCUT2D eigenvalue weighted by Crippen LogP contribution is -2.31. The summed E-state index contributed by atoms with van der Waals surface area (Å²) in [5, 5.41) is 11.2. The third-order valence-electron chi connectivity index (χ3n) is 6.06. The highest BCUT2D eigenvalue weighted by Crippen LogP contribution is 2.45. The average Bonchev–Trinajstić information content (AvgIpc) is 3.44. The predicted octanol–water partition coefficient (Wildman–Crippen LogP) is 6.02. The highest BCUT2D eigenvalue weighted by molar-refractivity contribution is 7.17. The fraction of sp³-hybridized carbons (Fsp3) is 0.267. The van der Waals surface area contributed by atoms with Crippen molar-refractivity contribution in [2.75, 3.05) is 18.1 Å². The lowest BCUT2D eigenvalue weighted by Gasteiger charge is -2.25. The Bertz CT molecular complexity index is 1460. The number of rotatable bonds is 11. The first-order chi connectivity index (χ1) is 18.8. The van der Waals surface area contributed by atoms with Gasteiger partial charge < -0.3 is 14.6 Å². The minimum Gasteiger partial charge on any atom is -0.503 e. The zero-order valence-electron chi connectivity index (χ0n) is 22.3. The fourth-order valence-corrected chi connectivity index (χ4v) is 5.29. The minimum absolute atomic E-state index is 0.0888. The summed E-state index contributed by atoms with van der Waals surface area (Å²) in [7, 11) is 0. The summed E-state index contributed by atoms with van der Waals surface area (Å²) in [4.78, 5) is 45.2. The molecule has 0 saturated carbocycles. The van der Waals surface area contributed by atoms with Gasteiger partial charge in [0.2, 0.25) is 0 Å². The van der Waals surface area contributed by atoms with Crippen LogP contribution in [-0.4, -0.2) is 40.8 Å². The van der Waals surface area contributed by atoms with E-state index in [1.54, 1.807) is 31.2 Å². The maximum atomic E-state index is 13.5. The summed E-state index contributed by atoms with van der Waals surface area (Å²) in [6, 6.07) is 13.4. The Labute approximate surface area is 231 Å². The number of Topliss-reactive ketones (excluding diaryl/α,β-unsaturated/α-hetero) is 1. The molecule has 39 heavy (non-hydrogen) atoms. The summed E-state index contributed by atoms with van der Waals surface area (Å²) in [6.07, 6.45) is 3.77. The molecular weight excluding hydrogens is 516 g/mol. The molecule has 1 N–H and O–H groups in total. The molecule has 1 aliphatic rings. The number of allylic oxidation sites excluding steroid dienone is 1. The number of aliphatic hydroxyl groups excluding tert-OH is 1. The molecule has 3 aromatic rings. The number of hydrogen-bond donors (Lipinski definition) is 1. The third kappa shape index (κ3) is 5.78. The van der Waals surface area contributed by atoms with Crippen molar-refractivity contribution in [3.05, 3.63) is 87.6 Å². The first kappa shape index (κ1) is 27.8. The number of carbonyl (C=O) groups is 3. The van der Waals surface area contributed by atoms with Crippen LogP contribution in [0.3, 0.4) is 0 Å². The van der Waals surface area contributed by atoms with E-state index in [-0.39, 0.29) is 16.5 Å². The molecule has 1 aromatic heterocycles. The molecule has 0 aliphatic carbocycles. The van der Waals surface area contributed by atoms with E-state index in [1.165, 1.54) is 17.9 Å². The standard InChI is InChI=1S/C30H30N2O6S/c1-5-16-38-23-15-13-21(17-24(23)37-6-2)26-25(22(34)14-12-20-10-8-7-9-11-20)27(35)29(36)32(26)30-31-18(3)28(39-30)19(4)33/h7-15,17,26,35H,5-6,16H2,1-4H3/b14-12+. The van der Waals surface area contributed by atoms with Gasteiger partial charge in [0.05, 0.1) is 35.4 Å². The number of carbonyl (C=O) groups excluding carboxylic acids is 3. The number of anilines is 1. The van der Waals surface area contributed by atoms with Crippen LogP contribution in [0.15, 0.2) is 65.9 Å². The Kier molecular flexibility index (Phi) is 8.61. The SMILES string of the molecule is CCCOc1ccc(C2C(C(=O)/C=C/c3ccccc3)=C(O)C(=O)N2c2nc(C)c(C(C)=O)s2)cc1OCC. The van der Waals surface area contributed by atoms with E-state index in [0.717, 1.165) is 23.3 Å². The molecule has 0 saturated heterocycles. The van der Waals surface area contributed by atoms with E-state index < -0.39 is 23.5 Å². The van der Waals surface area contributed by atoms with Crippen LogP contribution in [0, 0.1) is 6.92 Å². The molecule has 0 spiro atoms. The van der Waals surface area contributed by atoms with Gasteiger partial charge in [-0.05, 0) is 49.6 Å². The van der Waals surface area contributed by atoms with Crippen LogP contribution < -0.4 is 14.4 Å². The van der Waals surface area contributed by atoms with Gasteiger partial charge >= 0.3 is 0 Å². The zero-order valence-corrected chi connectivity index (χ0v) is 23.1. The molecule has 1 aliphatic heterocycles. The van der Waals surface area contributed by atoms with E-state index in [9.17, 15) is 19.5 Å². The number of aliphatic hydroxyl groups is 1. The van der Waals surface area contributed by atoms with E-state index in [0.29, 0.717) is 40.8 Å². The predicted molar refractivity (Wildman–Crippen MR) is 151 cm³/mol. The summed E-state index contributed by atoms with van der Waals surface area (Å²) in [5.41, 5.74) is 1.69. The number of amides is 1. The number of thiazole rings is 1. The van der Waals surface area contributed by atoms with Crippen LogP contribution in [-0.2, 0) is 9.59 Å². The van der Waals surface area contributed by atoms with Gasteiger partial charge in [0.25, 0.3) is 5.91 Å². The van der Waals surface area contributed by atoms with Gasteiger partial charge in [-0.15, -0.1) is 0 Å². The van der Waals surface area contributed by atoms with Crippen LogP contribution in [0.4, 0.5) is 5.13 Å². The molecule has 202 valence electrons. The maximum absolute atomic E-state index is 13.5. The number of benzene rings is 2. The summed E-state index contributed by atoms with van der Waals surface area (Å²) in [5.74, 6) is -1.16. The number of aryl methyl sites for hydroxylation is 1. The Morgan fingerprint density at radius 2 is 1.85 bits per heavy atom. The summed E-state index contributed by atoms with van der Waals surface area (Å²) < 4.78 is 11.6. The van der Waals surface area contributed by atoms with E-state index in [4.69, 9.17) is 9.47 Å². The molecule has 1 unspecified atom stereocenters. The van der Waals surface area contributed by atoms with Crippen LogP contribution in [0.5, 0.6) is 11.5 Å². The van der Waals surface area contributed by atoms with Crippen LogP contribution in [0.25, 0.3) is 6.08 Å². The minimum atomic E-state index is -1.00. The van der Waals surface area contributed by atoms with E-state index in [1.807, 2.05) is 44.2 Å². The smallest absolute Gasteiger partial charge is 0.296 e. The molecule has 8 nitrogen and oxygen atoms in total. The van der Waals surface area contributed by atoms with Crippen LogP contribution >= 0.6 is 11.3 Å². The summed E-state index contributed by atoms with van der Waals surface area (Å²) >= 11 is 1.04. The molecule has 1 amide bonds.